The van der Waals surface area contributed by atoms with E-state index in [4.69, 9.17) is 14.2 Å². The molecule has 0 bridgehead atoms. The molecule has 8 heteroatoms. The Hall–Kier alpha value is -2.19. The number of carbonyl (C=O) groups excluding carboxylic acids is 3. The van der Waals surface area contributed by atoms with Crippen LogP contribution in [0.2, 0.25) is 0 Å². The second kappa shape index (κ2) is 26.4. The highest BCUT2D eigenvalue weighted by Crippen LogP contribution is 2.12. The standard InChI is InChI=1S/C34H61NO7/c1-6-8-10-12-14-16-18-20-22-24-32(36)41-29-30(28-40-27-26-31(34(38)39)35(3,4)5)42-33(37)25-23-21-19-17-15-13-11-9-7-2/h9,11,15,17,30-31H,6-8,10,12-14,16,18-29H2,1-5H3/b11-9+,17-15+. The summed E-state index contributed by atoms with van der Waals surface area (Å²) in [7, 11) is 5.37. The van der Waals surface area contributed by atoms with E-state index in [9.17, 15) is 19.5 Å². The van der Waals surface area contributed by atoms with E-state index in [-0.39, 0.29) is 49.1 Å². The molecule has 0 aliphatic heterocycles. The number of hydrogen-bond acceptors (Lipinski definition) is 7. The lowest BCUT2D eigenvalue weighted by atomic mass is 10.1. The van der Waals surface area contributed by atoms with Crippen LogP contribution in [0.5, 0.6) is 0 Å². The van der Waals surface area contributed by atoms with Crippen LogP contribution in [0.3, 0.4) is 0 Å². The van der Waals surface area contributed by atoms with Crippen molar-refractivity contribution in [2.75, 3.05) is 41.0 Å². The number of rotatable bonds is 28. The molecule has 42 heavy (non-hydrogen) atoms. The lowest BCUT2D eigenvalue weighted by Crippen LogP contribution is -2.55. The molecule has 0 saturated heterocycles. The van der Waals surface area contributed by atoms with Crippen LogP contribution in [0.25, 0.3) is 0 Å². The molecule has 244 valence electrons. The number of quaternary nitrogens is 1. The van der Waals surface area contributed by atoms with Crippen LogP contribution in [-0.2, 0) is 28.6 Å². The zero-order valence-corrected chi connectivity index (χ0v) is 27.4. The first-order valence-corrected chi connectivity index (χ1v) is 16.4. The van der Waals surface area contributed by atoms with Crippen LogP contribution in [0, 0.1) is 0 Å². The number of likely N-dealkylation sites (N-methyl/N-ethyl adjacent to an activating group) is 1. The number of esters is 2. The van der Waals surface area contributed by atoms with Crippen molar-refractivity contribution in [3.8, 4) is 0 Å². The Kier molecular flexibility index (Phi) is 25.1. The number of hydrogen-bond donors (Lipinski definition) is 0. The van der Waals surface area contributed by atoms with Crippen molar-refractivity contribution in [3.63, 3.8) is 0 Å². The second-order valence-electron chi connectivity index (χ2n) is 12.0. The van der Waals surface area contributed by atoms with Gasteiger partial charge in [0.15, 0.2) is 6.10 Å². The normalized spacial score (nSPS) is 13.5. The number of allylic oxidation sites excluding steroid dienone is 4. The maximum Gasteiger partial charge on any atom is 0.306 e. The molecular weight excluding hydrogens is 534 g/mol. The zero-order valence-electron chi connectivity index (χ0n) is 27.4. The molecule has 0 amide bonds. The summed E-state index contributed by atoms with van der Waals surface area (Å²) in [5.74, 6) is -1.79. The van der Waals surface area contributed by atoms with Crippen LogP contribution in [0.1, 0.15) is 123 Å². The predicted molar refractivity (Wildman–Crippen MR) is 167 cm³/mol. The Morgan fingerprint density at radius 3 is 1.95 bits per heavy atom. The molecule has 0 aliphatic rings. The number of ether oxygens (including phenoxy) is 3. The van der Waals surface area contributed by atoms with Gasteiger partial charge in [-0.05, 0) is 38.5 Å². The van der Waals surface area contributed by atoms with Gasteiger partial charge in [0.2, 0.25) is 0 Å². The molecule has 0 spiro atoms. The summed E-state index contributed by atoms with van der Waals surface area (Å²) in [5.41, 5.74) is 0. The molecule has 2 unspecified atom stereocenters. The molecule has 0 rings (SSSR count). The van der Waals surface area contributed by atoms with E-state index in [2.05, 4.69) is 38.2 Å². The summed E-state index contributed by atoms with van der Waals surface area (Å²) in [4.78, 5) is 36.3. The second-order valence-corrected chi connectivity index (χ2v) is 12.0. The van der Waals surface area contributed by atoms with Gasteiger partial charge in [0.25, 0.3) is 0 Å². The molecular formula is C34H61NO7. The van der Waals surface area contributed by atoms with Crippen molar-refractivity contribution in [3.05, 3.63) is 24.3 Å². The van der Waals surface area contributed by atoms with Gasteiger partial charge < -0.3 is 28.6 Å². The Labute approximate surface area is 256 Å². The maximum atomic E-state index is 12.5. The fourth-order valence-corrected chi connectivity index (χ4v) is 4.52. The molecule has 8 nitrogen and oxygen atoms in total. The minimum atomic E-state index is -1.13. The van der Waals surface area contributed by atoms with E-state index in [0.29, 0.717) is 12.8 Å². The summed E-state index contributed by atoms with van der Waals surface area (Å²) in [6, 6.07) is -0.725. The lowest BCUT2D eigenvalue weighted by molar-refractivity contribution is -0.889. The van der Waals surface area contributed by atoms with Gasteiger partial charge in [-0.3, -0.25) is 9.59 Å². The van der Waals surface area contributed by atoms with E-state index in [1.807, 2.05) is 0 Å². The molecule has 0 saturated carbocycles. The average molecular weight is 596 g/mol. The number of unbranched alkanes of at least 4 members (excludes halogenated alkanes) is 10. The van der Waals surface area contributed by atoms with Crippen LogP contribution in [0.15, 0.2) is 24.3 Å². The number of aliphatic carboxylic acids is 1. The van der Waals surface area contributed by atoms with E-state index < -0.39 is 18.1 Å². The van der Waals surface area contributed by atoms with Crippen molar-refractivity contribution in [2.45, 2.75) is 135 Å². The SMILES string of the molecule is CC/C=C/C/C=C/CCCCC(=O)OC(COCCC(C(=O)[O-])[N+](C)(C)C)COC(=O)CCCCCCCCCCC. The topological polar surface area (TPSA) is 102 Å². The van der Waals surface area contributed by atoms with Gasteiger partial charge in [-0.2, -0.15) is 0 Å². The van der Waals surface area contributed by atoms with Crippen molar-refractivity contribution in [2.24, 2.45) is 0 Å². The Morgan fingerprint density at radius 1 is 0.738 bits per heavy atom. The number of nitrogens with zero attached hydrogens (tertiary/aromatic N) is 1. The van der Waals surface area contributed by atoms with Gasteiger partial charge >= 0.3 is 11.9 Å². The molecule has 0 aliphatic carbocycles. The van der Waals surface area contributed by atoms with Gasteiger partial charge in [-0.1, -0.05) is 89.5 Å². The summed E-state index contributed by atoms with van der Waals surface area (Å²) >= 11 is 0. The third kappa shape index (κ3) is 24.4. The fraction of sp³-hybridized carbons (Fsp3) is 0.794. The molecule has 0 heterocycles. The highest BCUT2D eigenvalue weighted by molar-refractivity contribution is 5.70. The lowest BCUT2D eigenvalue weighted by Gasteiger charge is -2.34. The molecule has 0 aromatic heterocycles. The molecule has 0 aromatic carbocycles. The number of carbonyl (C=O) groups is 3. The number of carboxylic acid groups (broad SMARTS) is 1. The fourth-order valence-electron chi connectivity index (χ4n) is 4.52. The van der Waals surface area contributed by atoms with E-state index in [1.165, 1.54) is 38.5 Å². The Balaban J connectivity index is 4.55. The van der Waals surface area contributed by atoms with E-state index in [0.717, 1.165) is 44.9 Å². The minimum Gasteiger partial charge on any atom is -0.544 e. The highest BCUT2D eigenvalue weighted by atomic mass is 16.6. The molecule has 2 atom stereocenters. The smallest absolute Gasteiger partial charge is 0.306 e. The van der Waals surface area contributed by atoms with Gasteiger partial charge in [-0.15, -0.1) is 0 Å². The van der Waals surface area contributed by atoms with E-state index >= 15 is 0 Å². The maximum absolute atomic E-state index is 12.5. The van der Waals surface area contributed by atoms with Gasteiger partial charge in [0.1, 0.15) is 12.6 Å². The van der Waals surface area contributed by atoms with Gasteiger partial charge in [0, 0.05) is 19.3 Å². The highest BCUT2D eigenvalue weighted by Gasteiger charge is 2.25. The quantitative estimate of drug-likeness (QED) is 0.0468. The molecule has 0 aromatic rings. The first-order chi connectivity index (χ1) is 20.1. The van der Waals surface area contributed by atoms with Crippen molar-refractivity contribution < 1.29 is 38.2 Å². The predicted octanol–water partition coefficient (Wildman–Crippen LogP) is 6.07. The van der Waals surface area contributed by atoms with Crippen molar-refractivity contribution in [1.29, 1.82) is 0 Å². The third-order valence-corrected chi connectivity index (χ3v) is 7.10. The summed E-state index contributed by atoms with van der Waals surface area (Å²) in [6.07, 6.45) is 23.7. The van der Waals surface area contributed by atoms with Crippen molar-refractivity contribution in [1.82, 2.24) is 0 Å². The largest absolute Gasteiger partial charge is 0.544 e. The molecule has 0 radical (unpaired) electrons. The first kappa shape index (κ1) is 39.8. The monoisotopic (exact) mass is 595 g/mol. The third-order valence-electron chi connectivity index (χ3n) is 7.10. The molecule has 0 N–H and O–H groups in total. The summed E-state index contributed by atoms with van der Waals surface area (Å²) in [5, 5.41) is 11.5. The van der Waals surface area contributed by atoms with Crippen LogP contribution in [0.4, 0.5) is 0 Å². The summed E-state index contributed by atoms with van der Waals surface area (Å²) < 4.78 is 16.9. The van der Waals surface area contributed by atoms with Crippen LogP contribution in [-0.4, -0.2) is 75.5 Å². The molecule has 0 fully saturated rings. The Morgan fingerprint density at radius 2 is 1.33 bits per heavy atom. The first-order valence-electron chi connectivity index (χ1n) is 16.4. The minimum absolute atomic E-state index is 0.0297. The van der Waals surface area contributed by atoms with Gasteiger partial charge in [0.05, 0.1) is 40.3 Å². The van der Waals surface area contributed by atoms with Gasteiger partial charge in [-0.25, -0.2) is 0 Å². The Bertz CT molecular complexity index is 757. The zero-order chi connectivity index (χ0) is 31.5. The van der Waals surface area contributed by atoms with Crippen LogP contribution >= 0.6 is 0 Å². The van der Waals surface area contributed by atoms with E-state index in [1.54, 1.807) is 21.1 Å². The summed E-state index contributed by atoms with van der Waals surface area (Å²) in [6.45, 7) is 4.44. The average Bonchev–Trinajstić information content (AvgIpc) is 2.92. The number of carboxylic acids is 1. The van der Waals surface area contributed by atoms with Crippen molar-refractivity contribution >= 4 is 17.9 Å². The van der Waals surface area contributed by atoms with Crippen LogP contribution < -0.4 is 5.11 Å².